The second-order valence-corrected chi connectivity index (χ2v) is 4.97. The van der Waals surface area contributed by atoms with Crippen molar-refractivity contribution in [1.82, 2.24) is 0 Å². The van der Waals surface area contributed by atoms with Crippen molar-refractivity contribution in [2.24, 2.45) is 11.7 Å². The average molecular weight is 219 g/mol. The lowest BCUT2D eigenvalue weighted by atomic mass is 10.0. The number of hydrogen-bond acceptors (Lipinski definition) is 2. The molecule has 2 unspecified atom stereocenters. The predicted molar refractivity (Wildman–Crippen MR) is 66.2 cm³/mol. The Balaban J connectivity index is 2.01. The molecular weight excluding hydrogens is 198 g/mol. The minimum Gasteiger partial charge on any atom is -0.372 e. The van der Waals surface area contributed by atoms with E-state index < -0.39 is 0 Å². The van der Waals surface area contributed by atoms with Crippen molar-refractivity contribution in [3.8, 4) is 0 Å². The maximum absolute atomic E-state index is 5.99. The molecule has 1 aliphatic rings. The smallest absolute Gasteiger partial charge is 0.0973 e. The van der Waals surface area contributed by atoms with E-state index in [0.29, 0.717) is 0 Å². The fourth-order valence-electron chi connectivity index (χ4n) is 1.83. The van der Waals surface area contributed by atoms with E-state index in [1.54, 1.807) is 0 Å². The summed E-state index contributed by atoms with van der Waals surface area (Å²) in [5.41, 5.74) is 8.46. The van der Waals surface area contributed by atoms with Crippen LogP contribution in [0.15, 0.2) is 24.3 Å². The van der Waals surface area contributed by atoms with Gasteiger partial charge in [0.1, 0.15) is 0 Å². The molecule has 1 aromatic rings. The molecule has 2 heteroatoms. The molecule has 0 amide bonds. The van der Waals surface area contributed by atoms with Gasteiger partial charge >= 0.3 is 0 Å². The minimum atomic E-state index is 0.0428. The highest BCUT2D eigenvalue weighted by molar-refractivity contribution is 5.24. The van der Waals surface area contributed by atoms with Gasteiger partial charge < -0.3 is 10.5 Å². The monoisotopic (exact) mass is 219 g/mol. The lowest BCUT2D eigenvalue weighted by Crippen LogP contribution is -2.27. The van der Waals surface area contributed by atoms with E-state index in [1.165, 1.54) is 24.0 Å². The van der Waals surface area contributed by atoms with Crippen molar-refractivity contribution in [3.63, 3.8) is 0 Å². The summed E-state index contributed by atoms with van der Waals surface area (Å²) in [6.45, 7) is 4.97. The van der Waals surface area contributed by atoms with Crippen LogP contribution < -0.4 is 5.73 Å². The molecule has 0 spiro atoms. The summed E-state index contributed by atoms with van der Waals surface area (Å²) in [6.07, 6.45) is 2.68. The Bertz CT molecular complexity index is 327. The third-order valence-corrected chi connectivity index (χ3v) is 3.09. The Kier molecular flexibility index (Phi) is 3.62. The third-order valence-electron chi connectivity index (χ3n) is 3.09. The van der Waals surface area contributed by atoms with Gasteiger partial charge in [-0.25, -0.2) is 0 Å². The van der Waals surface area contributed by atoms with Crippen molar-refractivity contribution in [2.45, 2.75) is 38.8 Å². The zero-order valence-corrected chi connectivity index (χ0v) is 10.1. The first-order valence-corrected chi connectivity index (χ1v) is 6.10. The van der Waals surface area contributed by atoms with Gasteiger partial charge in [0.05, 0.1) is 12.7 Å². The standard InChI is InChI=1S/C14H21NO/c1-10-3-7-13(8-4-10)14(11(2)15)16-9-12-5-6-12/h3-4,7-8,11-12,14H,5-6,9,15H2,1-2H3. The summed E-state index contributed by atoms with van der Waals surface area (Å²) >= 11 is 0. The zero-order chi connectivity index (χ0) is 11.5. The lowest BCUT2D eigenvalue weighted by molar-refractivity contribution is 0.0314. The van der Waals surface area contributed by atoms with Crippen molar-refractivity contribution in [3.05, 3.63) is 35.4 Å². The van der Waals surface area contributed by atoms with Crippen LogP contribution in [0.1, 0.15) is 37.0 Å². The molecule has 16 heavy (non-hydrogen) atoms. The molecule has 2 nitrogen and oxygen atoms in total. The first kappa shape index (κ1) is 11.6. The second-order valence-electron chi connectivity index (χ2n) is 4.97. The Morgan fingerprint density at radius 2 is 1.94 bits per heavy atom. The third kappa shape index (κ3) is 3.06. The Labute approximate surface area is 97.8 Å². The first-order chi connectivity index (χ1) is 7.66. The minimum absolute atomic E-state index is 0.0428. The van der Waals surface area contributed by atoms with Crippen LogP contribution in [0.3, 0.4) is 0 Å². The van der Waals surface area contributed by atoms with E-state index in [1.807, 2.05) is 6.92 Å². The van der Waals surface area contributed by atoms with E-state index in [-0.39, 0.29) is 12.1 Å². The van der Waals surface area contributed by atoms with Gasteiger partial charge in [0.15, 0.2) is 0 Å². The van der Waals surface area contributed by atoms with Crippen molar-refractivity contribution < 1.29 is 4.74 Å². The SMILES string of the molecule is Cc1ccc(C(OCC2CC2)C(C)N)cc1. The van der Waals surface area contributed by atoms with Crippen LogP contribution in [0, 0.1) is 12.8 Å². The van der Waals surface area contributed by atoms with Crippen LogP contribution in [0.4, 0.5) is 0 Å². The quantitative estimate of drug-likeness (QED) is 0.826. The summed E-state index contributed by atoms with van der Waals surface area (Å²) < 4.78 is 5.93. The normalized spacial score (nSPS) is 19.4. The highest BCUT2D eigenvalue weighted by atomic mass is 16.5. The van der Waals surface area contributed by atoms with E-state index in [4.69, 9.17) is 10.5 Å². The number of hydrogen-bond donors (Lipinski definition) is 1. The molecule has 0 radical (unpaired) electrons. The number of aryl methyl sites for hydroxylation is 1. The van der Waals surface area contributed by atoms with E-state index in [0.717, 1.165) is 12.5 Å². The molecule has 1 saturated carbocycles. The van der Waals surface area contributed by atoms with Gasteiger partial charge in [0.2, 0.25) is 0 Å². The Hall–Kier alpha value is -0.860. The Morgan fingerprint density at radius 1 is 1.31 bits per heavy atom. The number of rotatable bonds is 5. The summed E-state index contributed by atoms with van der Waals surface area (Å²) in [7, 11) is 0. The van der Waals surface area contributed by atoms with Crippen molar-refractivity contribution >= 4 is 0 Å². The fraction of sp³-hybridized carbons (Fsp3) is 0.571. The molecule has 2 atom stereocenters. The highest BCUT2D eigenvalue weighted by Gasteiger charge is 2.25. The van der Waals surface area contributed by atoms with Crippen molar-refractivity contribution in [2.75, 3.05) is 6.61 Å². The van der Waals surface area contributed by atoms with Crippen LogP contribution in [0.5, 0.6) is 0 Å². The zero-order valence-electron chi connectivity index (χ0n) is 10.1. The molecule has 0 bridgehead atoms. The molecule has 2 N–H and O–H groups in total. The number of ether oxygens (including phenoxy) is 1. The van der Waals surface area contributed by atoms with E-state index in [9.17, 15) is 0 Å². The van der Waals surface area contributed by atoms with Gasteiger partial charge in [-0.1, -0.05) is 29.8 Å². The van der Waals surface area contributed by atoms with Crippen LogP contribution in [0.2, 0.25) is 0 Å². The van der Waals surface area contributed by atoms with Gasteiger partial charge in [0.25, 0.3) is 0 Å². The largest absolute Gasteiger partial charge is 0.372 e. The van der Waals surface area contributed by atoms with Crippen LogP contribution in [-0.2, 0) is 4.74 Å². The molecule has 0 heterocycles. The predicted octanol–water partition coefficient (Wildman–Crippen LogP) is 2.81. The van der Waals surface area contributed by atoms with E-state index in [2.05, 4.69) is 31.2 Å². The van der Waals surface area contributed by atoms with E-state index >= 15 is 0 Å². The molecule has 0 saturated heterocycles. The fourth-order valence-corrected chi connectivity index (χ4v) is 1.83. The van der Waals surface area contributed by atoms with Crippen LogP contribution in [0.25, 0.3) is 0 Å². The topological polar surface area (TPSA) is 35.2 Å². The van der Waals surface area contributed by atoms with Crippen LogP contribution >= 0.6 is 0 Å². The second kappa shape index (κ2) is 4.98. The lowest BCUT2D eigenvalue weighted by Gasteiger charge is -2.22. The first-order valence-electron chi connectivity index (χ1n) is 6.10. The molecule has 88 valence electrons. The van der Waals surface area contributed by atoms with Gasteiger partial charge in [-0.3, -0.25) is 0 Å². The summed E-state index contributed by atoms with van der Waals surface area (Å²) in [6, 6.07) is 8.52. The molecule has 2 rings (SSSR count). The summed E-state index contributed by atoms with van der Waals surface area (Å²) in [4.78, 5) is 0. The van der Waals surface area contributed by atoms with Gasteiger partial charge in [-0.05, 0) is 38.2 Å². The van der Waals surface area contributed by atoms with Gasteiger partial charge in [-0.15, -0.1) is 0 Å². The Morgan fingerprint density at radius 3 is 2.44 bits per heavy atom. The molecule has 1 fully saturated rings. The average Bonchev–Trinajstić information content (AvgIpc) is 3.04. The molecule has 1 aromatic carbocycles. The van der Waals surface area contributed by atoms with Crippen LogP contribution in [-0.4, -0.2) is 12.6 Å². The molecule has 1 aliphatic carbocycles. The number of nitrogens with two attached hydrogens (primary N) is 1. The highest BCUT2D eigenvalue weighted by Crippen LogP contribution is 2.31. The maximum Gasteiger partial charge on any atom is 0.0973 e. The number of benzene rings is 1. The van der Waals surface area contributed by atoms with Gasteiger partial charge in [-0.2, -0.15) is 0 Å². The van der Waals surface area contributed by atoms with Crippen molar-refractivity contribution in [1.29, 1.82) is 0 Å². The molecule has 0 aliphatic heterocycles. The summed E-state index contributed by atoms with van der Waals surface area (Å²) in [5.74, 6) is 0.784. The maximum atomic E-state index is 5.99. The van der Waals surface area contributed by atoms with Gasteiger partial charge in [0, 0.05) is 6.04 Å². The molecule has 0 aromatic heterocycles. The summed E-state index contributed by atoms with van der Waals surface area (Å²) in [5, 5.41) is 0. The molecular formula is C14H21NO.